The van der Waals surface area contributed by atoms with Gasteiger partial charge in [-0.25, -0.2) is 12.8 Å². The minimum Gasteiger partial charge on any atom is -0.480 e. The number of aliphatic carboxylic acids is 1. The summed E-state index contributed by atoms with van der Waals surface area (Å²) in [5, 5.41) is 8.70. The molecule has 2 rings (SSSR count). The Morgan fingerprint density at radius 2 is 2.06 bits per heavy atom. The number of rotatable bonds is 2. The number of halogens is 1. The van der Waals surface area contributed by atoms with Crippen molar-refractivity contribution in [2.45, 2.75) is 10.9 Å². The van der Waals surface area contributed by atoms with Crippen LogP contribution >= 0.6 is 0 Å². The molecule has 1 aliphatic rings. The van der Waals surface area contributed by atoms with E-state index in [0.717, 1.165) is 12.1 Å². The molecule has 90 valence electrons. The molecule has 1 unspecified atom stereocenters. The van der Waals surface area contributed by atoms with E-state index in [9.17, 15) is 17.6 Å². The van der Waals surface area contributed by atoms with E-state index in [2.05, 4.69) is 0 Å². The lowest BCUT2D eigenvalue weighted by atomic mass is 10.2. The molecule has 5 nitrogen and oxygen atoms in total. The molecule has 1 heterocycles. The predicted molar refractivity (Wildman–Crippen MR) is 57.2 cm³/mol. The first kappa shape index (κ1) is 11.7. The Hall–Kier alpha value is -1.73. The minimum absolute atomic E-state index is 0.122. The van der Waals surface area contributed by atoms with E-state index in [-0.39, 0.29) is 5.56 Å². The molecule has 1 aliphatic heterocycles. The van der Waals surface area contributed by atoms with E-state index in [1.165, 1.54) is 12.1 Å². The molecule has 0 aliphatic carbocycles. The Labute approximate surface area is 96.3 Å². The van der Waals surface area contributed by atoms with Gasteiger partial charge in [-0.3, -0.25) is 4.79 Å². The highest BCUT2D eigenvalue weighted by molar-refractivity contribution is 7.96. The standard InChI is InChI=1S/C10H8FNO4S/c11-6-3-1-2-5-4-7(8(12)10(13)14)17(15,16)9(5)6/h1-4,8H,12H2,(H,13,14). The zero-order valence-corrected chi connectivity index (χ0v) is 9.24. The van der Waals surface area contributed by atoms with Crippen LogP contribution in [0.3, 0.4) is 0 Å². The number of nitrogens with two attached hydrogens (primary N) is 1. The van der Waals surface area contributed by atoms with Crippen molar-refractivity contribution in [2.24, 2.45) is 5.73 Å². The molecule has 1 aromatic rings. The second-order valence-electron chi connectivity index (χ2n) is 3.52. The van der Waals surface area contributed by atoms with Gasteiger partial charge in [0.25, 0.3) is 0 Å². The second kappa shape index (κ2) is 3.64. The summed E-state index contributed by atoms with van der Waals surface area (Å²) in [4.78, 5) is 9.68. The molecule has 0 aromatic heterocycles. The molecule has 0 amide bonds. The van der Waals surface area contributed by atoms with Crippen molar-refractivity contribution in [1.29, 1.82) is 0 Å². The maximum atomic E-state index is 13.4. The second-order valence-corrected chi connectivity index (χ2v) is 5.41. The van der Waals surface area contributed by atoms with E-state index in [4.69, 9.17) is 10.8 Å². The van der Waals surface area contributed by atoms with Crippen LogP contribution in [0.1, 0.15) is 5.56 Å². The fraction of sp³-hybridized carbons (Fsp3) is 0.100. The van der Waals surface area contributed by atoms with Gasteiger partial charge >= 0.3 is 5.97 Å². The first-order chi connectivity index (χ1) is 7.85. The minimum atomic E-state index is -4.14. The van der Waals surface area contributed by atoms with Crippen LogP contribution in [0.25, 0.3) is 6.08 Å². The van der Waals surface area contributed by atoms with Gasteiger partial charge in [0.05, 0.1) is 4.91 Å². The van der Waals surface area contributed by atoms with Gasteiger partial charge in [-0.2, -0.15) is 0 Å². The average molecular weight is 257 g/mol. The summed E-state index contributed by atoms with van der Waals surface area (Å²) in [6.07, 6.45) is 1.09. The van der Waals surface area contributed by atoms with E-state index in [1.54, 1.807) is 0 Å². The van der Waals surface area contributed by atoms with Gasteiger partial charge in [0.15, 0.2) is 0 Å². The summed E-state index contributed by atoms with van der Waals surface area (Å²) in [5.41, 5.74) is 5.38. The van der Waals surface area contributed by atoms with E-state index >= 15 is 0 Å². The average Bonchev–Trinajstić information content (AvgIpc) is 2.50. The van der Waals surface area contributed by atoms with Gasteiger partial charge in [0.2, 0.25) is 9.84 Å². The summed E-state index contributed by atoms with van der Waals surface area (Å²) in [6.45, 7) is 0. The molecule has 17 heavy (non-hydrogen) atoms. The number of benzene rings is 1. The highest BCUT2D eigenvalue weighted by Crippen LogP contribution is 2.35. The fourth-order valence-corrected chi connectivity index (χ4v) is 3.36. The smallest absolute Gasteiger partial charge is 0.325 e. The van der Waals surface area contributed by atoms with Gasteiger partial charge in [-0.1, -0.05) is 12.1 Å². The number of hydrogen-bond donors (Lipinski definition) is 2. The molecule has 0 saturated carbocycles. The topological polar surface area (TPSA) is 97.5 Å². The van der Waals surface area contributed by atoms with Crippen LogP contribution in [0, 0.1) is 5.82 Å². The third-order valence-electron chi connectivity index (χ3n) is 2.45. The number of hydrogen-bond acceptors (Lipinski definition) is 4. The van der Waals surface area contributed by atoms with Crippen LogP contribution in [0.5, 0.6) is 0 Å². The molecule has 0 radical (unpaired) electrons. The zero-order chi connectivity index (χ0) is 12.8. The SMILES string of the molecule is NC(C(=O)O)C1=Cc2cccc(F)c2S1(=O)=O. The normalized spacial score (nSPS) is 18.4. The van der Waals surface area contributed by atoms with Crippen molar-refractivity contribution in [2.75, 3.05) is 0 Å². The molecular weight excluding hydrogens is 249 g/mol. The number of fused-ring (bicyclic) bond motifs is 1. The van der Waals surface area contributed by atoms with Crippen molar-refractivity contribution in [3.05, 3.63) is 34.5 Å². The zero-order valence-electron chi connectivity index (χ0n) is 8.42. The number of carbonyl (C=O) groups is 1. The molecule has 7 heteroatoms. The summed E-state index contributed by atoms with van der Waals surface area (Å²) in [7, 11) is -4.14. The Balaban J connectivity index is 2.66. The van der Waals surface area contributed by atoms with Gasteiger partial charge < -0.3 is 10.8 Å². The van der Waals surface area contributed by atoms with Gasteiger partial charge in [-0.05, 0) is 17.7 Å². The monoisotopic (exact) mass is 257 g/mol. The lowest BCUT2D eigenvalue weighted by molar-refractivity contribution is -0.137. The van der Waals surface area contributed by atoms with Gasteiger partial charge in [-0.15, -0.1) is 0 Å². The highest BCUT2D eigenvalue weighted by Gasteiger charge is 2.38. The largest absolute Gasteiger partial charge is 0.480 e. The van der Waals surface area contributed by atoms with Crippen LogP contribution in [0.4, 0.5) is 4.39 Å². The summed E-state index contributed by atoms with van der Waals surface area (Å²) in [5.74, 6) is -2.39. The van der Waals surface area contributed by atoms with Crippen molar-refractivity contribution in [3.8, 4) is 0 Å². The summed E-state index contributed by atoms with van der Waals surface area (Å²) >= 11 is 0. The van der Waals surface area contributed by atoms with Crippen LogP contribution in [0.2, 0.25) is 0 Å². The maximum absolute atomic E-state index is 13.4. The molecular formula is C10H8FNO4S. The first-order valence-electron chi connectivity index (χ1n) is 4.59. The Bertz CT molecular complexity index is 636. The highest BCUT2D eigenvalue weighted by atomic mass is 32.2. The van der Waals surface area contributed by atoms with Crippen LogP contribution in [-0.2, 0) is 14.6 Å². The predicted octanol–water partition coefficient (Wildman–Crippen LogP) is 0.366. The first-order valence-corrected chi connectivity index (χ1v) is 6.07. The molecule has 0 spiro atoms. The Morgan fingerprint density at radius 3 is 2.59 bits per heavy atom. The maximum Gasteiger partial charge on any atom is 0.325 e. The van der Waals surface area contributed by atoms with Crippen molar-refractivity contribution in [1.82, 2.24) is 0 Å². The lowest BCUT2D eigenvalue weighted by Gasteiger charge is -2.08. The molecule has 3 N–H and O–H groups in total. The van der Waals surface area contributed by atoms with Crippen LogP contribution in [-0.4, -0.2) is 25.5 Å². The van der Waals surface area contributed by atoms with Gasteiger partial charge in [0, 0.05) is 0 Å². The van der Waals surface area contributed by atoms with Crippen molar-refractivity contribution in [3.63, 3.8) is 0 Å². The third-order valence-corrected chi connectivity index (χ3v) is 4.41. The molecule has 0 bridgehead atoms. The van der Waals surface area contributed by atoms with Crippen LogP contribution in [0.15, 0.2) is 28.0 Å². The van der Waals surface area contributed by atoms with Crippen molar-refractivity contribution >= 4 is 21.9 Å². The molecule has 1 atom stereocenters. The Morgan fingerprint density at radius 1 is 1.41 bits per heavy atom. The Kier molecular flexibility index (Phi) is 2.52. The van der Waals surface area contributed by atoms with Crippen LogP contribution < -0.4 is 5.73 Å². The molecule has 1 aromatic carbocycles. The molecule has 0 fully saturated rings. The third kappa shape index (κ3) is 1.63. The van der Waals surface area contributed by atoms with Gasteiger partial charge in [0.1, 0.15) is 16.8 Å². The molecule has 0 saturated heterocycles. The van der Waals surface area contributed by atoms with E-state index in [0.29, 0.717) is 0 Å². The summed E-state index contributed by atoms with van der Waals surface area (Å²) < 4.78 is 37.2. The summed E-state index contributed by atoms with van der Waals surface area (Å²) in [6, 6.07) is 2.04. The number of sulfone groups is 1. The number of carboxylic acid groups (broad SMARTS) is 1. The fourth-order valence-electron chi connectivity index (χ4n) is 1.65. The van der Waals surface area contributed by atoms with Crippen molar-refractivity contribution < 1.29 is 22.7 Å². The number of carboxylic acids is 1. The van der Waals surface area contributed by atoms with E-state index < -0.39 is 37.5 Å². The quantitative estimate of drug-likeness (QED) is 0.797. The van der Waals surface area contributed by atoms with E-state index in [1.807, 2.05) is 0 Å². The lowest BCUT2D eigenvalue weighted by Crippen LogP contribution is -2.34.